The maximum Gasteiger partial charge on any atom is 0.416 e. The van der Waals surface area contributed by atoms with Crippen LogP contribution in [0.4, 0.5) is 13.2 Å². The van der Waals surface area contributed by atoms with Crippen LogP contribution in [-0.2, 0) is 15.7 Å². The van der Waals surface area contributed by atoms with Crippen molar-refractivity contribution < 1.29 is 27.8 Å². The zero-order chi connectivity index (χ0) is 19.1. The van der Waals surface area contributed by atoms with E-state index in [9.17, 15) is 23.1 Å². The summed E-state index contributed by atoms with van der Waals surface area (Å²) in [4.78, 5) is 16.5. The predicted molar refractivity (Wildman–Crippen MR) is 88.4 cm³/mol. The summed E-state index contributed by atoms with van der Waals surface area (Å²) in [6.45, 7) is 3.28. The lowest BCUT2D eigenvalue weighted by molar-refractivity contribution is -0.149. The summed E-state index contributed by atoms with van der Waals surface area (Å²) in [5.41, 5.74) is -0.874. The van der Waals surface area contributed by atoms with Crippen LogP contribution in [0.3, 0.4) is 0 Å². The van der Waals surface area contributed by atoms with E-state index in [1.54, 1.807) is 4.90 Å². The van der Waals surface area contributed by atoms with Gasteiger partial charge in [0.2, 0.25) is 5.91 Å². The third-order valence-corrected chi connectivity index (χ3v) is 5.38. The molecular weight excluding hydrogens is 349 g/mol. The second kappa shape index (κ2) is 6.83. The highest BCUT2D eigenvalue weighted by atomic mass is 19.4. The number of halogens is 3. The Balaban J connectivity index is 1.72. The Labute approximate surface area is 150 Å². The summed E-state index contributed by atoms with van der Waals surface area (Å²) in [6.07, 6.45) is -5.02. The number of hydrogen-bond acceptors (Lipinski definition) is 4. The van der Waals surface area contributed by atoms with Gasteiger partial charge >= 0.3 is 6.18 Å². The number of β-amino-alcohol motifs (C(OH)–C–C–N with tert-alkyl or cyclic N) is 1. The smallest absolute Gasteiger partial charge is 0.392 e. The topological polar surface area (TPSA) is 53.0 Å². The van der Waals surface area contributed by atoms with Crippen LogP contribution in [0.2, 0.25) is 0 Å². The molecule has 1 aromatic rings. The minimum Gasteiger partial charge on any atom is -0.392 e. The van der Waals surface area contributed by atoms with Gasteiger partial charge in [0.05, 0.1) is 24.8 Å². The highest BCUT2D eigenvalue weighted by molar-refractivity contribution is 5.86. The standard InChI is InChI=1S/C18H23F3N2O3/c1-17(9-14(24)10-22(17)2)16(25)23-7-8-26-15(11-23)12-3-5-13(6-4-12)18(19,20)21/h3-6,14-15,24H,7-11H2,1-2H3. The largest absolute Gasteiger partial charge is 0.416 e. The van der Waals surface area contributed by atoms with Gasteiger partial charge in [-0.2, -0.15) is 13.2 Å². The van der Waals surface area contributed by atoms with E-state index in [2.05, 4.69) is 0 Å². The maximum absolute atomic E-state index is 13.0. The van der Waals surface area contributed by atoms with Crippen molar-refractivity contribution in [3.8, 4) is 0 Å². The van der Waals surface area contributed by atoms with Gasteiger partial charge in [0.1, 0.15) is 11.6 Å². The predicted octanol–water partition coefficient (Wildman–Crippen LogP) is 2.06. The molecule has 144 valence electrons. The van der Waals surface area contributed by atoms with Gasteiger partial charge in [0.25, 0.3) is 0 Å². The normalized spacial score (nSPS) is 30.6. The first kappa shape index (κ1) is 19.1. The van der Waals surface area contributed by atoms with Crippen LogP contribution in [0.25, 0.3) is 0 Å². The molecule has 2 aliphatic rings. The van der Waals surface area contributed by atoms with E-state index in [1.807, 2.05) is 18.9 Å². The maximum atomic E-state index is 13.0. The van der Waals surface area contributed by atoms with Crippen molar-refractivity contribution >= 4 is 5.91 Å². The number of morpholine rings is 1. The molecule has 3 rings (SSSR count). The van der Waals surface area contributed by atoms with Crippen LogP contribution < -0.4 is 0 Å². The number of aliphatic hydroxyl groups is 1. The molecular formula is C18H23F3N2O3. The molecule has 0 spiro atoms. The lowest BCUT2D eigenvalue weighted by Gasteiger charge is -2.40. The van der Waals surface area contributed by atoms with Crippen molar-refractivity contribution in [3.63, 3.8) is 0 Å². The lowest BCUT2D eigenvalue weighted by Crippen LogP contribution is -2.56. The number of alkyl halides is 3. The van der Waals surface area contributed by atoms with E-state index < -0.39 is 29.5 Å². The summed E-state index contributed by atoms with van der Waals surface area (Å²) < 4.78 is 43.8. The van der Waals surface area contributed by atoms with E-state index in [1.165, 1.54) is 12.1 Å². The first-order valence-electron chi connectivity index (χ1n) is 8.59. The Morgan fingerprint density at radius 2 is 1.92 bits per heavy atom. The zero-order valence-electron chi connectivity index (χ0n) is 14.8. The number of carbonyl (C=O) groups excluding carboxylic acids is 1. The van der Waals surface area contributed by atoms with Crippen molar-refractivity contribution in [3.05, 3.63) is 35.4 Å². The SMILES string of the molecule is CN1CC(O)CC1(C)C(=O)N1CCOC(c2ccc(C(F)(F)F)cc2)C1. The summed E-state index contributed by atoms with van der Waals surface area (Å²) in [5, 5.41) is 9.88. The second-order valence-corrected chi connectivity index (χ2v) is 7.24. The highest BCUT2D eigenvalue weighted by Crippen LogP contribution is 2.33. The lowest BCUT2D eigenvalue weighted by atomic mass is 9.95. The average molecular weight is 372 g/mol. The fourth-order valence-electron chi connectivity index (χ4n) is 3.71. The van der Waals surface area contributed by atoms with Crippen LogP contribution >= 0.6 is 0 Å². The molecule has 2 heterocycles. The molecule has 0 aliphatic carbocycles. The Hall–Kier alpha value is -1.64. The highest BCUT2D eigenvalue weighted by Gasteiger charge is 2.47. The number of likely N-dealkylation sites (N-methyl/N-ethyl adjacent to an activating group) is 1. The fraction of sp³-hybridized carbons (Fsp3) is 0.611. The van der Waals surface area contributed by atoms with E-state index in [-0.39, 0.29) is 12.5 Å². The number of benzene rings is 1. The number of likely N-dealkylation sites (tertiary alicyclic amines) is 1. The quantitative estimate of drug-likeness (QED) is 0.864. The summed E-state index contributed by atoms with van der Waals surface area (Å²) in [7, 11) is 1.81. The number of rotatable bonds is 2. The van der Waals surface area contributed by atoms with Crippen molar-refractivity contribution in [1.82, 2.24) is 9.80 Å². The average Bonchev–Trinajstić information content (AvgIpc) is 2.86. The van der Waals surface area contributed by atoms with E-state index >= 15 is 0 Å². The molecule has 26 heavy (non-hydrogen) atoms. The molecule has 1 amide bonds. The molecule has 2 fully saturated rings. The van der Waals surface area contributed by atoms with E-state index in [4.69, 9.17) is 4.74 Å². The molecule has 0 aromatic heterocycles. The molecule has 0 radical (unpaired) electrons. The van der Waals surface area contributed by atoms with Gasteiger partial charge < -0.3 is 14.7 Å². The minimum absolute atomic E-state index is 0.0863. The Kier molecular flexibility index (Phi) is 5.02. The zero-order valence-corrected chi connectivity index (χ0v) is 14.8. The number of nitrogens with zero attached hydrogens (tertiary/aromatic N) is 2. The summed E-state index contributed by atoms with van der Waals surface area (Å²) in [5.74, 6) is -0.0863. The molecule has 0 saturated carbocycles. The molecule has 2 aliphatic heterocycles. The van der Waals surface area contributed by atoms with Crippen molar-refractivity contribution in [2.75, 3.05) is 33.3 Å². The van der Waals surface area contributed by atoms with E-state index in [0.717, 1.165) is 12.1 Å². The molecule has 1 aromatic carbocycles. The molecule has 8 heteroatoms. The molecule has 2 saturated heterocycles. The van der Waals surface area contributed by atoms with Gasteiger partial charge in [-0.15, -0.1) is 0 Å². The first-order chi connectivity index (χ1) is 12.1. The van der Waals surface area contributed by atoms with Gasteiger partial charge in [-0.25, -0.2) is 0 Å². The van der Waals surface area contributed by atoms with Gasteiger partial charge in [0.15, 0.2) is 0 Å². The van der Waals surface area contributed by atoms with Gasteiger partial charge in [-0.1, -0.05) is 12.1 Å². The molecule has 3 unspecified atom stereocenters. The third kappa shape index (κ3) is 3.58. The Bertz CT molecular complexity index is 665. The monoisotopic (exact) mass is 372 g/mol. The third-order valence-electron chi connectivity index (χ3n) is 5.38. The Morgan fingerprint density at radius 1 is 1.27 bits per heavy atom. The summed E-state index contributed by atoms with van der Waals surface area (Å²) >= 11 is 0. The molecule has 0 bridgehead atoms. The van der Waals surface area contributed by atoms with Gasteiger partial charge in [-0.05, 0) is 31.7 Å². The number of ether oxygens (including phenoxy) is 1. The van der Waals surface area contributed by atoms with E-state index in [0.29, 0.717) is 31.7 Å². The van der Waals surface area contributed by atoms with Crippen LogP contribution in [0, 0.1) is 0 Å². The fourth-order valence-corrected chi connectivity index (χ4v) is 3.71. The molecule has 5 nitrogen and oxygen atoms in total. The minimum atomic E-state index is -4.38. The molecule has 3 atom stereocenters. The van der Waals surface area contributed by atoms with Gasteiger partial charge in [-0.3, -0.25) is 9.69 Å². The number of aliphatic hydroxyl groups excluding tert-OH is 1. The number of hydrogen-bond donors (Lipinski definition) is 1. The van der Waals surface area contributed by atoms with Crippen molar-refractivity contribution in [1.29, 1.82) is 0 Å². The summed E-state index contributed by atoms with van der Waals surface area (Å²) in [6, 6.07) is 4.85. The van der Waals surface area contributed by atoms with Crippen LogP contribution in [-0.4, -0.2) is 65.7 Å². The van der Waals surface area contributed by atoms with Crippen LogP contribution in [0.5, 0.6) is 0 Å². The van der Waals surface area contributed by atoms with Crippen molar-refractivity contribution in [2.45, 2.75) is 37.3 Å². The Morgan fingerprint density at radius 3 is 2.46 bits per heavy atom. The number of carbonyl (C=O) groups is 1. The van der Waals surface area contributed by atoms with Crippen LogP contribution in [0.15, 0.2) is 24.3 Å². The van der Waals surface area contributed by atoms with Crippen LogP contribution in [0.1, 0.15) is 30.6 Å². The first-order valence-corrected chi connectivity index (χ1v) is 8.59. The van der Waals surface area contributed by atoms with Gasteiger partial charge in [0, 0.05) is 19.5 Å². The number of amides is 1. The molecule has 1 N–H and O–H groups in total. The second-order valence-electron chi connectivity index (χ2n) is 7.24. The van der Waals surface area contributed by atoms with Crippen molar-refractivity contribution in [2.24, 2.45) is 0 Å².